The molecule has 1 heterocycles. The molecule has 2 amide bonds. The Bertz CT molecular complexity index is 213. The van der Waals surface area contributed by atoms with E-state index < -0.39 is 0 Å². The second kappa shape index (κ2) is 3.13. The van der Waals surface area contributed by atoms with Crippen molar-refractivity contribution in [3.05, 3.63) is 0 Å². The lowest BCUT2D eigenvalue weighted by Gasteiger charge is -2.07. The summed E-state index contributed by atoms with van der Waals surface area (Å²) in [5, 5.41) is 2.76. The summed E-state index contributed by atoms with van der Waals surface area (Å²) in [6, 6.07) is -0.0585. The quantitative estimate of drug-likeness (QED) is 0.580. The van der Waals surface area contributed by atoms with Crippen LogP contribution in [0.3, 0.4) is 0 Å². The molecular formula is C8H14N2O2. The Morgan fingerprint density at radius 1 is 1.50 bits per heavy atom. The van der Waals surface area contributed by atoms with Crippen LogP contribution in [0.1, 0.15) is 20.8 Å². The fourth-order valence-corrected chi connectivity index (χ4v) is 1.09. The van der Waals surface area contributed by atoms with E-state index in [-0.39, 0.29) is 23.9 Å². The molecule has 1 aliphatic heterocycles. The van der Waals surface area contributed by atoms with Gasteiger partial charge in [-0.3, -0.25) is 9.59 Å². The van der Waals surface area contributed by atoms with Crippen molar-refractivity contribution >= 4 is 11.8 Å². The number of carbonyl (C=O) groups is 2. The van der Waals surface area contributed by atoms with Crippen LogP contribution in [0.4, 0.5) is 0 Å². The third kappa shape index (κ3) is 1.96. The third-order valence-electron chi connectivity index (χ3n) is 1.75. The maximum atomic E-state index is 11.2. The number of nitrogens with zero attached hydrogens (tertiary/aromatic N) is 1. The van der Waals surface area contributed by atoms with Crippen molar-refractivity contribution in [2.24, 2.45) is 0 Å². The summed E-state index contributed by atoms with van der Waals surface area (Å²) in [5.41, 5.74) is 0. The summed E-state index contributed by atoms with van der Waals surface area (Å²) in [6.45, 7) is 5.85. The normalized spacial score (nSPS) is 21.0. The van der Waals surface area contributed by atoms with E-state index in [1.54, 1.807) is 0 Å². The Labute approximate surface area is 71.9 Å². The minimum absolute atomic E-state index is 0.0288. The van der Waals surface area contributed by atoms with E-state index >= 15 is 0 Å². The van der Waals surface area contributed by atoms with E-state index in [1.807, 2.05) is 13.8 Å². The minimum atomic E-state index is -0.204. The minimum Gasteiger partial charge on any atom is -0.352 e. The molecule has 0 radical (unpaired) electrons. The molecule has 0 aromatic carbocycles. The Morgan fingerprint density at radius 2 is 2.08 bits per heavy atom. The van der Waals surface area contributed by atoms with Crippen LogP contribution in [-0.2, 0) is 9.59 Å². The molecule has 1 rings (SSSR count). The molecule has 12 heavy (non-hydrogen) atoms. The van der Waals surface area contributed by atoms with Gasteiger partial charge in [0, 0.05) is 13.0 Å². The lowest BCUT2D eigenvalue weighted by Crippen LogP contribution is -2.35. The van der Waals surface area contributed by atoms with Gasteiger partial charge in [-0.05, 0) is 13.8 Å². The Morgan fingerprint density at radius 3 is 2.42 bits per heavy atom. The van der Waals surface area contributed by atoms with E-state index in [9.17, 15) is 9.59 Å². The Hall–Kier alpha value is -1.06. The maximum Gasteiger partial charge on any atom is 0.244 e. The van der Waals surface area contributed by atoms with Crippen LogP contribution in [0.15, 0.2) is 0 Å². The summed E-state index contributed by atoms with van der Waals surface area (Å²) in [6.07, 6.45) is 0. The monoisotopic (exact) mass is 170 g/mol. The fraction of sp³-hybridized carbons (Fsp3) is 0.750. The highest BCUT2D eigenvalue weighted by atomic mass is 16.2. The van der Waals surface area contributed by atoms with Gasteiger partial charge in [0.2, 0.25) is 11.8 Å². The maximum absolute atomic E-state index is 11.2. The van der Waals surface area contributed by atoms with Crippen molar-refractivity contribution < 1.29 is 9.59 Å². The molecule has 1 saturated heterocycles. The molecule has 4 nitrogen and oxygen atoms in total. The van der Waals surface area contributed by atoms with Gasteiger partial charge < -0.3 is 10.2 Å². The van der Waals surface area contributed by atoms with Crippen LogP contribution in [-0.4, -0.2) is 35.3 Å². The van der Waals surface area contributed by atoms with Crippen LogP contribution in [0.5, 0.6) is 0 Å². The van der Waals surface area contributed by atoms with Gasteiger partial charge in [0.15, 0.2) is 0 Å². The Kier molecular flexibility index (Phi) is 2.35. The number of hydrogen-bond acceptors (Lipinski definition) is 2. The summed E-state index contributed by atoms with van der Waals surface area (Å²) in [5.74, 6) is -0.0703. The third-order valence-corrected chi connectivity index (χ3v) is 1.75. The van der Waals surface area contributed by atoms with Crippen molar-refractivity contribution in [3.8, 4) is 0 Å². The van der Waals surface area contributed by atoms with E-state index in [1.165, 1.54) is 11.8 Å². The van der Waals surface area contributed by atoms with Crippen molar-refractivity contribution in [3.63, 3.8) is 0 Å². The van der Waals surface area contributed by atoms with Crippen molar-refractivity contribution in [2.75, 3.05) is 6.54 Å². The zero-order chi connectivity index (χ0) is 9.30. The average molecular weight is 170 g/mol. The van der Waals surface area contributed by atoms with Gasteiger partial charge in [0.1, 0.15) is 6.04 Å². The molecular weight excluding hydrogens is 156 g/mol. The second-order valence-corrected chi connectivity index (χ2v) is 3.35. The van der Waals surface area contributed by atoms with Crippen molar-refractivity contribution in [1.82, 2.24) is 10.2 Å². The highest BCUT2D eigenvalue weighted by Crippen LogP contribution is 2.16. The van der Waals surface area contributed by atoms with E-state index in [0.717, 1.165) is 0 Å². The number of hydrogen-bond donors (Lipinski definition) is 1. The zero-order valence-electron chi connectivity index (χ0n) is 7.63. The highest BCUT2D eigenvalue weighted by Gasteiger charge is 2.42. The second-order valence-electron chi connectivity index (χ2n) is 3.35. The summed E-state index contributed by atoms with van der Waals surface area (Å²) in [7, 11) is 0. The topological polar surface area (TPSA) is 49.2 Å². The number of rotatable bonds is 2. The van der Waals surface area contributed by atoms with Crippen molar-refractivity contribution in [2.45, 2.75) is 32.9 Å². The first-order chi connectivity index (χ1) is 5.52. The fourth-order valence-electron chi connectivity index (χ4n) is 1.09. The standard InChI is InChI=1S/C8H14N2O2/c1-5(2)9-8(12)7-4-10(7)6(3)11/h5,7H,4H2,1-3H3,(H,9,12). The van der Waals surface area contributed by atoms with Gasteiger partial charge in [-0.1, -0.05) is 0 Å². The molecule has 4 heteroatoms. The molecule has 1 aliphatic rings. The smallest absolute Gasteiger partial charge is 0.244 e. The first-order valence-corrected chi connectivity index (χ1v) is 4.10. The Balaban J connectivity index is 2.33. The van der Waals surface area contributed by atoms with Gasteiger partial charge in [0.25, 0.3) is 0 Å². The number of nitrogens with one attached hydrogen (secondary N) is 1. The molecule has 0 saturated carbocycles. The van der Waals surface area contributed by atoms with E-state index in [0.29, 0.717) is 6.54 Å². The molecule has 0 aromatic rings. The molecule has 0 aliphatic carbocycles. The average Bonchev–Trinajstić information content (AvgIpc) is 2.61. The van der Waals surface area contributed by atoms with E-state index in [4.69, 9.17) is 0 Å². The van der Waals surface area contributed by atoms with Crippen LogP contribution in [0, 0.1) is 0 Å². The molecule has 0 bridgehead atoms. The highest BCUT2D eigenvalue weighted by molar-refractivity contribution is 5.91. The van der Waals surface area contributed by atoms with Crippen LogP contribution < -0.4 is 5.32 Å². The molecule has 1 atom stereocenters. The summed E-state index contributed by atoms with van der Waals surface area (Å²) < 4.78 is 0. The zero-order valence-corrected chi connectivity index (χ0v) is 7.63. The molecule has 1 N–H and O–H groups in total. The lowest BCUT2D eigenvalue weighted by atomic mass is 10.3. The van der Waals surface area contributed by atoms with Gasteiger partial charge in [-0.2, -0.15) is 0 Å². The summed E-state index contributed by atoms with van der Waals surface area (Å²) in [4.78, 5) is 23.5. The molecule has 0 spiro atoms. The molecule has 1 fully saturated rings. The van der Waals surface area contributed by atoms with Gasteiger partial charge in [-0.15, -0.1) is 0 Å². The first kappa shape index (κ1) is 9.03. The number of carbonyl (C=O) groups excluding carboxylic acids is 2. The molecule has 0 aromatic heterocycles. The van der Waals surface area contributed by atoms with Crippen LogP contribution >= 0.6 is 0 Å². The first-order valence-electron chi connectivity index (χ1n) is 4.10. The van der Waals surface area contributed by atoms with Gasteiger partial charge in [-0.25, -0.2) is 0 Å². The van der Waals surface area contributed by atoms with Gasteiger partial charge >= 0.3 is 0 Å². The van der Waals surface area contributed by atoms with Crippen LogP contribution in [0.25, 0.3) is 0 Å². The van der Waals surface area contributed by atoms with E-state index in [2.05, 4.69) is 5.32 Å². The largest absolute Gasteiger partial charge is 0.352 e. The predicted octanol–water partition coefficient (Wildman–Crippen LogP) is -0.258. The van der Waals surface area contributed by atoms with Crippen molar-refractivity contribution in [1.29, 1.82) is 0 Å². The van der Waals surface area contributed by atoms with Crippen LogP contribution in [0.2, 0.25) is 0 Å². The molecule has 1 unspecified atom stereocenters. The lowest BCUT2D eigenvalue weighted by molar-refractivity contribution is -0.128. The predicted molar refractivity (Wildman–Crippen MR) is 44.5 cm³/mol. The number of amides is 2. The SMILES string of the molecule is CC(=O)N1CC1C(=O)NC(C)C. The van der Waals surface area contributed by atoms with Gasteiger partial charge in [0.05, 0.1) is 6.54 Å². The molecule has 68 valence electrons. The summed E-state index contributed by atoms with van der Waals surface area (Å²) >= 11 is 0.